The summed E-state index contributed by atoms with van der Waals surface area (Å²) in [5, 5.41) is 0.786. The van der Waals surface area contributed by atoms with Crippen molar-refractivity contribution in [3.8, 4) is 22.4 Å². The van der Waals surface area contributed by atoms with Gasteiger partial charge in [0.05, 0.1) is 0 Å². The summed E-state index contributed by atoms with van der Waals surface area (Å²) in [5.74, 6) is 0.699. The van der Waals surface area contributed by atoms with E-state index in [1.807, 2.05) is 12.1 Å². The molecular weight excluding hydrogens is 290 g/mol. The van der Waals surface area contributed by atoms with Crippen LogP contribution in [-0.2, 0) is 13.0 Å². The summed E-state index contributed by atoms with van der Waals surface area (Å²) >= 11 is 6.03. The van der Waals surface area contributed by atoms with Gasteiger partial charge in [0, 0.05) is 28.5 Å². The predicted molar refractivity (Wildman–Crippen MR) is 93.2 cm³/mol. The van der Waals surface area contributed by atoms with E-state index in [4.69, 9.17) is 11.6 Å². The summed E-state index contributed by atoms with van der Waals surface area (Å²) < 4.78 is 2.48. The van der Waals surface area contributed by atoms with Gasteiger partial charge >= 0.3 is 0 Å². The third kappa shape index (κ3) is 2.26. The van der Waals surface area contributed by atoms with Gasteiger partial charge in [0.1, 0.15) is 0 Å². The van der Waals surface area contributed by atoms with Crippen molar-refractivity contribution in [2.24, 2.45) is 5.92 Å². The van der Waals surface area contributed by atoms with Gasteiger partial charge in [-0.3, -0.25) is 0 Å². The molecular formula is C20H18ClN. The fourth-order valence-corrected chi connectivity index (χ4v) is 3.58. The second-order valence-corrected chi connectivity index (χ2v) is 6.62. The van der Waals surface area contributed by atoms with E-state index in [2.05, 4.69) is 60.0 Å². The number of benzene rings is 2. The zero-order valence-electron chi connectivity index (χ0n) is 12.6. The zero-order valence-corrected chi connectivity index (χ0v) is 13.3. The Kier molecular flexibility index (Phi) is 3.31. The maximum Gasteiger partial charge on any atom is 0.0489 e. The first-order valence-corrected chi connectivity index (χ1v) is 8.14. The number of aromatic nitrogens is 1. The largest absolute Gasteiger partial charge is 0.344 e. The van der Waals surface area contributed by atoms with E-state index in [-0.39, 0.29) is 0 Å². The molecule has 1 aliphatic rings. The lowest BCUT2D eigenvalue weighted by Crippen LogP contribution is -1.99. The molecule has 0 amide bonds. The van der Waals surface area contributed by atoms with Crippen LogP contribution in [0.3, 0.4) is 0 Å². The van der Waals surface area contributed by atoms with E-state index in [0.29, 0.717) is 5.92 Å². The minimum absolute atomic E-state index is 0.699. The second-order valence-electron chi connectivity index (χ2n) is 6.18. The molecule has 1 nitrogen and oxygen atoms in total. The van der Waals surface area contributed by atoms with Crippen molar-refractivity contribution in [2.45, 2.75) is 19.9 Å². The molecule has 0 saturated heterocycles. The van der Waals surface area contributed by atoms with Gasteiger partial charge in [-0.2, -0.15) is 0 Å². The van der Waals surface area contributed by atoms with E-state index in [9.17, 15) is 0 Å². The predicted octanol–water partition coefficient (Wildman–Crippen LogP) is 5.67. The van der Waals surface area contributed by atoms with Crippen LogP contribution >= 0.6 is 11.6 Å². The Hall–Kier alpha value is -1.99. The first-order chi connectivity index (χ1) is 10.7. The molecule has 1 unspecified atom stereocenters. The SMILES string of the molecule is CC1Cc2c(-c3ccccc3)cc(-c3ccc(Cl)cc3)n2C1. The monoisotopic (exact) mass is 307 g/mol. The molecule has 22 heavy (non-hydrogen) atoms. The van der Waals surface area contributed by atoms with Crippen molar-refractivity contribution in [3.05, 3.63) is 71.4 Å². The lowest BCUT2D eigenvalue weighted by Gasteiger charge is -2.07. The van der Waals surface area contributed by atoms with Crippen LogP contribution in [-0.4, -0.2) is 4.57 Å². The number of hydrogen-bond donors (Lipinski definition) is 0. The molecule has 1 aromatic heterocycles. The molecule has 0 spiro atoms. The minimum Gasteiger partial charge on any atom is -0.344 e. The van der Waals surface area contributed by atoms with Crippen molar-refractivity contribution in [2.75, 3.05) is 0 Å². The van der Waals surface area contributed by atoms with Crippen LogP contribution in [0.15, 0.2) is 60.7 Å². The average molecular weight is 308 g/mol. The highest BCUT2D eigenvalue weighted by atomic mass is 35.5. The number of halogens is 1. The fourth-order valence-electron chi connectivity index (χ4n) is 3.45. The Morgan fingerprint density at radius 1 is 0.955 bits per heavy atom. The molecule has 1 aliphatic heterocycles. The molecule has 0 fully saturated rings. The Morgan fingerprint density at radius 3 is 2.41 bits per heavy atom. The summed E-state index contributed by atoms with van der Waals surface area (Å²) in [6.07, 6.45) is 1.15. The number of hydrogen-bond acceptors (Lipinski definition) is 0. The van der Waals surface area contributed by atoms with E-state index >= 15 is 0 Å². The van der Waals surface area contributed by atoms with Crippen molar-refractivity contribution in [1.29, 1.82) is 0 Å². The molecule has 0 aliphatic carbocycles. The number of rotatable bonds is 2. The molecule has 0 saturated carbocycles. The molecule has 3 aromatic rings. The van der Waals surface area contributed by atoms with Gasteiger partial charge in [0.2, 0.25) is 0 Å². The topological polar surface area (TPSA) is 4.93 Å². The number of fused-ring (bicyclic) bond motifs is 1. The molecule has 0 N–H and O–H groups in total. The van der Waals surface area contributed by atoms with Crippen LogP contribution in [0.4, 0.5) is 0 Å². The van der Waals surface area contributed by atoms with E-state index in [1.54, 1.807) is 0 Å². The van der Waals surface area contributed by atoms with Gasteiger partial charge in [-0.15, -0.1) is 0 Å². The Balaban J connectivity index is 1.89. The van der Waals surface area contributed by atoms with Crippen molar-refractivity contribution < 1.29 is 0 Å². The van der Waals surface area contributed by atoms with Crippen molar-refractivity contribution in [3.63, 3.8) is 0 Å². The van der Waals surface area contributed by atoms with E-state index < -0.39 is 0 Å². The molecule has 2 heterocycles. The van der Waals surface area contributed by atoms with E-state index in [0.717, 1.165) is 18.0 Å². The van der Waals surface area contributed by atoms with Crippen LogP contribution in [0.5, 0.6) is 0 Å². The molecule has 0 bridgehead atoms. The Morgan fingerprint density at radius 2 is 1.68 bits per heavy atom. The third-order valence-corrected chi connectivity index (χ3v) is 4.72. The van der Waals surface area contributed by atoms with Gasteiger partial charge in [-0.1, -0.05) is 61.0 Å². The summed E-state index contributed by atoms with van der Waals surface area (Å²) in [6, 6.07) is 21.2. The molecule has 0 radical (unpaired) electrons. The summed E-state index contributed by atoms with van der Waals surface area (Å²) in [4.78, 5) is 0. The molecule has 1 atom stereocenters. The summed E-state index contributed by atoms with van der Waals surface area (Å²) in [6.45, 7) is 3.42. The molecule has 4 rings (SSSR count). The van der Waals surface area contributed by atoms with Crippen molar-refractivity contribution in [1.82, 2.24) is 4.57 Å². The second kappa shape index (κ2) is 5.33. The van der Waals surface area contributed by atoms with Crippen molar-refractivity contribution >= 4 is 11.6 Å². The normalized spacial score (nSPS) is 16.7. The molecule has 2 heteroatoms. The summed E-state index contributed by atoms with van der Waals surface area (Å²) in [7, 11) is 0. The van der Waals surface area contributed by atoms with Gasteiger partial charge in [0.15, 0.2) is 0 Å². The third-order valence-electron chi connectivity index (χ3n) is 4.47. The maximum atomic E-state index is 6.03. The van der Waals surface area contributed by atoms with E-state index in [1.165, 1.54) is 28.1 Å². The maximum absolute atomic E-state index is 6.03. The highest BCUT2D eigenvalue weighted by molar-refractivity contribution is 6.30. The van der Waals surface area contributed by atoms with Gasteiger partial charge in [0.25, 0.3) is 0 Å². The lowest BCUT2D eigenvalue weighted by atomic mass is 10.0. The molecule has 110 valence electrons. The molecule has 2 aromatic carbocycles. The van der Waals surface area contributed by atoms with Gasteiger partial charge in [-0.25, -0.2) is 0 Å². The van der Waals surface area contributed by atoms with Crippen LogP contribution < -0.4 is 0 Å². The smallest absolute Gasteiger partial charge is 0.0489 e. The quantitative estimate of drug-likeness (QED) is 0.575. The minimum atomic E-state index is 0.699. The van der Waals surface area contributed by atoms with Crippen LogP contribution in [0.1, 0.15) is 12.6 Å². The highest BCUT2D eigenvalue weighted by Crippen LogP contribution is 2.38. The first-order valence-electron chi connectivity index (χ1n) is 7.76. The van der Waals surface area contributed by atoms with Crippen LogP contribution in [0, 0.1) is 5.92 Å². The number of nitrogens with zero attached hydrogens (tertiary/aromatic N) is 1. The van der Waals surface area contributed by atoms with Gasteiger partial charge < -0.3 is 4.57 Å². The Bertz CT molecular complexity index is 800. The summed E-state index contributed by atoms with van der Waals surface area (Å²) in [5.41, 5.74) is 6.68. The standard InChI is InChI=1S/C20H18ClN/c1-14-11-20-18(15-5-3-2-4-6-15)12-19(22(20)13-14)16-7-9-17(21)10-8-16/h2-10,12,14H,11,13H2,1H3. The first kappa shape index (κ1) is 13.7. The fraction of sp³-hybridized carbons (Fsp3) is 0.200. The lowest BCUT2D eigenvalue weighted by molar-refractivity contribution is 0.566. The van der Waals surface area contributed by atoms with Crippen LogP contribution in [0.2, 0.25) is 5.02 Å². The van der Waals surface area contributed by atoms with Crippen LogP contribution in [0.25, 0.3) is 22.4 Å². The highest BCUT2D eigenvalue weighted by Gasteiger charge is 2.25. The van der Waals surface area contributed by atoms with Gasteiger partial charge in [-0.05, 0) is 41.7 Å². The zero-order chi connectivity index (χ0) is 15.1. The Labute approximate surface area is 136 Å². The average Bonchev–Trinajstić information content (AvgIpc) is 3.06.